The maximum absolute atomic E-state index is 12.1. The highest BCUT2D eigenvalue weighted by atomic mass is 32.1. The Hall–Kier alpha value is -1.24. The monoisotopic (exact) mass is 360 g/mol. The van der Waals surface area contributed by atoms with Crippen molar-refractivity contribution in [1.29, 1.82) is 0 Å². The molecule has 0 atom stereocenters. The first-order valence-corrected chi connectivity index (χ1v) is 10.6. The first kappa shape index (κ1) is 17.2. The van der Waals surface area contributed by atoms with Crippen molar-refractivity contribution in [3.05, 3.63) is 33.7 Å². The molecule has 0 unspecified atom stereocenters. The van der Waals surface area contributed by atoms with Crippen LogP contribution >= 0.6 is 11.3 Å². The van der Waals surface area contributed by atoms with E-state index in [4.69, 9.17) is 0 Å². The van der Waals surface area contributed by atoms with Gasteiger partial charge in [-0.3, -0.25) is 14.1 Å². The van der Waals surface area contributed by atoms with Gasteiger partial charge in [0.15, 0.2) is 4.96 Å². The highest BCUT2D eigenvalue weighted by molar-refractivity contribution is 7.15. The Morgan fingerprint density at radius 3 is 2.56 bits per heavy atom. The van der Waals surface area contributed by atoms with Crippen LogP contribution in [0.3, 0.4) is 0 Å². The Bertz CT molecular complexity index is 739. The van der Waals surface area contributed by atoms with Crippen LogP contribution in [0.1, 0.15) is 44.2 Å². The van der Waals surface area contributed by atoms with Gasteiger partial charge in [0.1, 0.15) is 0 Å². The molecule has 136 valence electrons. The van der Waals surface area contributed by atoms with E-state index < -0.39 is 0 Å². The summed E-state index contributed by atoms with van der Waals surface area (Å²) in [6.45, 7) is 6.95. The van der Waals surface area contributed by atoms with E-state index in [1.165, 1.54) is 69.5 Å². The summed E-state index contributed by atoms with van der Waals surface area (Å²) in [7, 11) is 0. The Morgan fingerprint density at radius 1 is 1.04 bits per heavy atom. The second-order valence-corrected chi connectivity index (χ2v) is 8.45. The fourth-order valence-electron chi connectivity index (χ4n) is 4.21. The van der Waals surface area contributed by atoms with Gasteiger partial charge < -0.3 is 4.90 Å². The van der Waals surface area contributed by atoms with Crippen molar-refractivity contribution in [2.75, 3.05) is 32.7 Å². The summed E-state index contributed by atoms with van der Waals surface area (Å²) in [5.41, 5.74) is 0.954. The van der Waals surface area contributed by atoms with Gasteiger partial charge in [0.2, 0.25) is 0 Å². The lowest BCUT2D eigenvalue weighted by Crippen LogP contribution is -2.39. The number of hydrogen-bond donors (Lipinski definition) is 0. The van der Waals surface area contributed by atoms with Crippen molar-refractivity contribution >= 4 is 16.3 Å². The van der Waals surface area contributed by atoms with E-state index in [2.05, 4.69) is 14.8 Å². The predicted octanol–water partition coefficient (Wildman–Crippen LogP) is 2.84. The molecule has 5 nitrogen and oxygen atoms in total. The molecular weight excluding hydrogens is 332 g/mol. The molecule has 0 bridgehead atoms. The van der Waals surface area contributed by atoms with E-state index in [0.29, 0.717) is 0 Å². The zero-order valence-corrected chi connectivity index (χ0v) is 15.7. The third-order valence-corrected chi connectivity index (χ3v) is 6.42. The maximum atomic E-state index is 12.1. The number of piperidine rings is 1. The van der Waals surface area contributed by atoms with E-state index in [9.17, 15) is 4.79 Å². The Kier molecular flexibility index (Phi) is 5.48. The minimum atomic E-state index is 0.0392. The summed E-state index contributed by atoms with van der Waals surface area (Å²) >= 11 is 1.53. The van der Waals surface area contributed by atoms with E-state index in [-0.39, 0.29) is 5.56 Å². The van der Waals surface area contributed by atoms with Gasteiger partial charge in [-0.1, -0.05) is 12.8 Å². The first-order valence-electron chi connectivity index (χ1n) is 9.68. The SMILES string of the molecule is O=c1cc(CN2CCC(CN3CCCCCC3)CC2)nc2sccn12. The molecule has 2 saturated heterocycles. The van der Waals surface area contributed by atoms with Crippen LogP contribution in [0, 0.1) is 5.92 Å². The molecule has 0 N–H and O–H groups in total. The number of likely N-dealkylation sites (tertiary alicyclic amines) is 2. The van der Waals surface area contributed by atoms with Gasteiger partial charge in [0.25, 0.3) is 5.56 Å². The Labute approximate surface area is 153 Å². The molecule has 2 aliphatic heterocycles. The molecule has 2 aliphatic rings. The second kappa shape index (κ2) is 7.98. The smallest absolute Gasteiger partial charge is 0.258 e. The average molecular weight is 361 g/mol. The second-order valence-electron chi connectivity index (χ2n) is 7.58. The van der Waals surface area contributed by atoms with Gasteiger partial charge in [-0.2, -0.15) is 0 Å². The normalized spacial score (nSPS) is 21.6. The van der Waals surface area contributed by atoms with Crippen molar-refractivity contribution < 1.29 is 0 Å². The van der Waals surface area contributed by atoms with E-state index in [0.717, 1.165) is 36.2 Å². The molecule has 0 amide bonds. The lowest BCUT2D eigenvalue weighted by atomic mass is 9.96. The van der Waals surface area contributed by atoms with E-state index in [1.807, 2.05) is 5.38 Å². The van der Waals surface area contributed by atoms with Crippen LogP contribution in [0.15, 0.2) is 22.4 Å². The zero-order chi connectivity index (χ0) is 17.1. The molecular formula is C19H28N4OS. The molecule has 4 heterocycles. The van der Waals surface area contributed by atoms with Gasteiger partial charge in [-0.15, -0.1) is 11.3 Å². The predicted molar refractivity (Wildman–Crippen MR) is 102 cm³/mol. The van der Waals surface area contributed by atoms with Gasteiger partial charge >= 0.3 is 0 Å². The van der Waals surface area contributed by atoms with Crippen LogP contribution in [0.5, 0.6) is 0 Å². The summed E-state index contributed by atoms with van der Waals surface area (Å²) in [6, 6.07) is 1.70. The van der Waals surface area contributed by atoms with Crippen LogP contribution < -0.4 is 5.56 Å². The Morgan fingerprint density at radius 2 is 1.80 bits per heavy atom. The van der Waals surface area contributed by atoms with Crippen LogP contribution in [-0.2, 0) is 6.54 Å². The summed E-state index contributed by atoms with van der Waals surface area (Å²) in [5, 5.41) is 1.92. The van der Waals surface area contributed by atoms with E-state index >= 15 is 0 Å². The van der Waals surface area contributed by atoms with Crippen LogP contribution in [-0.4, -0.2) is 51.9 Å². The number of rotatable bonds is 4. The molecule has 2 aromatic rings. The number of aromatic nitrogens is 2. The van der Waals surface area contributed by atoms with Crippen LogP contribution in [0.2, 0.25) is 0 Å². The van der Waals surface area contributed by atoms with Crippen molar-refractivity contribution in [3.8, 4) is 0 Å². The van der Waals surface area contributed by atoms with Crippen LogP contribution in [0.25, 0.3) is 4.96 Å². The third kappa shape index (κ3) is 4.30. The molecule has 6 heteroatoms. The minimum Gasteiger partial charge on any atom is -0.303 e. The standard InChI is InChI=1S/C19H28N4OS/c24-18-13-17(20-19-23(18)11-12-25-19)15-22-9-5-16(6-10-22)14-21-7-3-1-2-4-8-21/h11-13,16H,1-10,14-15H2. The maximum Gasteiger partial charge on any atom is 0.258 e. The lowest BCUT2D eigenvalue weighted by Gasteiger charge is -2.34. The quantitative estimate of drug-likeness (QED) is 0.841. The molecule has 4 rings (SSSR count). The average Bonchev–Trinajstić information content (AvgIpc) is 2.94. The fraction of sp³-hybridized carbons (Fsp3) is 0.684. The lowest BCUT2D eigenvalue weighted by molar-refractivity contribution is 0.139. The van der Waals surface area contributed by atoms with Gasteiger partial charge in [-0.05, 0) is 57.8 Å². The van der Waals surface area contributed by atoms with Crippen molar-refractivity contribution in [1.82, 2.24) is 19.2 Å². The highest BCUT2D eigenvalue weighted by Gasteiger charge is 2.22. The summed E-state index contributed by atoms with van der Waals surface area (Å²) in [6.07, 6.45) is 9.93. The third-order valence-electron chi connectivity index (χ3n) is 5.66. The van der Waals surface area contributed by atoms with Crippen molar-refractivity contribution in [3.63, 3.8) is 0 Å². The van der Waals surface area contributed by atoms with Crippen LogP contribution in [0.4, 0.5) is 0 Å². The number of fused-ring (bicyclic) bond motifs is 1. The van der Waals surface area contributed by atoms with Gasteiger partial charge in [0, 0.05) is 30.7 Å². The first-order chi connectivity index (χ1) is 12.3. The summed E-state index contributed by atoms with van der Waals surface area (Å²) in [4.78, 5) is 22.7. The Balaban J connectivity index is 1.30. The molecule has 0 saturated carbocycles. The molecule has 2 aromatic heterocycles. The number of nitrogens with zero attached hydrogens (tertiary/aromatic N) is 4. The number of thiazole rings is 1. The van der Waals surface area contributed by atoms with Crippen molar-refractivity contribution in [2.45, 2.75) is 45.1 Å². The highest BCUT2D eigenvalue weighted by Crippen LogP contribution is 2.21. The molecule has 0 aliphatic carbocycles. The number of hydrogen-bond acceptors (Lipinski definition) is 5. The van der Waals surface area contributed by atoms with E-state index in [1.54, 1.807) is 16.7 Å². The van der Waals surface area contributed by atoms with Gasteiger partial charge in [0.05, 0.1) is 5.69 Å². The fourth-order valence-corrected chi connectivity index (χ4v) is 4.95. The van der Waals surface area contributed by atoms with Crippen molar-refractivity contribution in [2.24, 2.45) is 5.92 Å². The molecule has 2 fully saturated rings. The molecule has 0 aromatic carbocycles. The molecule has 25 heavy (non-hydrogen) atoms. The largest absolute Gasteiger partial charge is 0.303 e. The summed E-state index contributed by atoms with van der Waals surface area (Å²) < 4.78 is 1.63. The molecule has 0 radical (unpaired) electrons. The molecule has 0 spiro atoms. The topological polar surface area (TPSA) is 40.9 Å². The minimum absolute atomic E-state index is 0.0392. The summed E-state index contributed by atoms with van der Waals surface area (Å²) in [5.74, 6) is 0.840. The zero-order valence-electron chi connectivity index (χ0n) is 14.9. The van der Waals surface area contributed by atoms with Gasteiger partial charge in [-0.25, -0.2) is 4.98 Å².